The second-order valence-corrected chi connectivity index (χ2v) is 7.11. The molecule has 17 heavy (non-hydrogen) atoms. The van der Waals surface area contributed by atoms with Crippen molar-refractivity contribution in [2.24, 2.45) is 5.41 Å². The number of fused-ring (bicyclic) bond motifs is 1. The Hall–Kier alpha value is -0.610. The van der Waals surface area contributed by atoms with Crippen LogP contribution in [0.2, 0.25) is 0 Å². The number of aliphatic hydroxyl groups excluding tert-OH is 1. The summed E-state index contributed by atoms with van der Waals surface area (Å²) in [6.07, 6.45) is 3.99. The fourth-order valence-corrected chi connectivity index (χ4v) is 3.98. The van der Waals surface area contributed by atoms with Crippen molar-refractivity contribution in [2.45, 2.75) is 45.6 Å². The summed E-state index contributed by atoms with van der Waals surface area (Å²) in [6, 6.07) is 0. The fraction of sp³-hybridized carbons (Fsp3) is 0.769. The molecule has 1 saturated heterocycles. The van der Waals surface area contributed by atoms with Gasteiger partial charge < -0.3 is 10.0 Å². The molecule has 1 N–H and O–H groups in total. The number of nitrogens with zero attached hydrogens (tertiary/aromatic N) is 2. The summed E-state index contributed by atoms with van der Waals surface area (Å²) in [5.74, 6) is 0. The van der Waals surface area contributed by atoms with Crippen LogP contribution in [-0.2, 0) is 6.42 Å². The summed E-state index contributed by atoms with van der Waals surface area (Å²) in [5, 5.41) is 11.1. The van der Waals surface area contributed by atoms with Gasteiger partial charge in [0.05, 0.1) is 11.8 Å². The van der Waals surface area contributed by atoms with Crippen molar-refractivity contribution >= 4 is 16.5 Å². The minimum Gasteiger partial charge on any atom is -0.387 e. The molecule has 2 aliphatic rings. The van der Waals surface area contributed by atoms with Crippen molar-refractivity contribution in [1.29, 1.82) is 0 Å². The first-order valence-electron chi connectivity index (χ1n) is 6.48. The van der Waals surface area contributed by atoms with E-state index in [2.05, 4.69) is 23.7 Å². The number of aliphatic hydroxyl groups is 1. The molecule has 0 bridgehead atoms. The highest BCUT2D eigenvalue weighted by Crippen LogP contribution is 2.39. The first-order valence-corrected chi connectivity index (χ1v) is 7.29. The maximum absolute atomic E-state index is 9.95. The Bertz CT molecular complexity index is 427. The Balaban J connectivity index is 1.85. The molecule has 1 aromatic heterocycles. The Labute approximate surface area is 106 Å². The highest BCUT2D eigenvalue weighted by molar-refractivity contribution is 7.15. The van der Waals surface area contributed by atoms with Crippen molar-refractivity contribution in [1.82, 2.24) is 4.98 Å². The Morgan fingerprint density at radius 1 is 1.47 bits per heavy atom. The SMILES string of the molecule is CC1(C)CCN(c2nc3c(s2)CCCC3O)C1. The number of thiazole rings is 1. The van der Waals surface area contributed by atoms with Gasteiger partial charge in [-0.2, -0.15) is 0 Å². The predicted molar refractivity (Wildman–Crippen MR) is 70.6 cm³/mol. The molecule has 1 fully saturated rings. The van der Waals surface area contributed by atoms with Crippen LogP contribution in [0.4, 0.5) is 5.13 Å². The third kappa shape index (κ3) is 2.08. The smallest absolute Gasteiger partial charge is 0.185 e. The number of hydrogen-bond donors (Lipinski definition) is 1. The molecular weight excluding hydrogens is 232 g/mol. The van der Waals surface area contributed by atoms with Crippen LogP contribution in [0.1, 0.15) is 49.8 Å². The van der Waals surface area contributed by atoms with Crippen LogP contribution < -0.4 is 4.90 Å². The van der Waals surface area contributed by atoms with E-state index in [1.807, 2.05) is 0 Å². The second kappa shape index (κ2) is 3.95. The molecule has 3 nitrogen and oxygen atoms in total. The lowest BCUT2D eigenvalue weighted by Gasteiger charge is -2.18. The third-order valence-electron chi connectivity index (χ3n) is 3.86. The highest BCUT2D eigenvalue weighted by atomic mass is 32.1. The van der Waals surface area contributed by atoms with Gasteiger partial charge in [0.1, 0.15) is 0 Å². The molecule has 0 amide bonds. The van der Waals surface area contributed by atoms with E-state index in [0.717, 1.165) is 43.2 Å². The minimum atomic E-state index is -0.320. The van der Waals surface area contributed by atoms with Crippen molar-refractivity contribution in [3.8, 4) is 0 Å². The molecule has 1 unspecified atom stereocenters. The summed E-state index contributed by atoms with van der Waals surface area (Å²) in [6.45, 7) is 6.83. The summed E-state index contributed by atoms with van der Waals surface area (Å²) >= 11 is 1.79. The number of anilines is 1. The molecule has 1 atom stereocenters. The van der Waals surface area contributed by atoms with Crippen LogP contribution in [0.3, 0.4) is 0 Å². The molecule has 0 aromatic carbocycles. The number of aromatic nitrogens is 1. The van der Waals surface area contributed by atoms with E-state index in [0.29, 0.717) is 5.41 Å². The Kier molecular flexibility index (Phi) is 2.67. The lowest BCUT2D eigenvalue weighted by atomic mass is 9.93. The summed E-state index contributed by atoms with van der Waals surface area (Å²) in [4.78, 5) is 8.37. The van der Waals surface area contributed by atoms with Crippen molar-refractivity contribution in [3.63, 3.8) is 0 Å². The number of aryl methyl sites for hydroxylation is 1. The van der Waals surface area contributed by atoms with Gasteiger partial charge >= 0.3 is 0 Å². The van der Waals surface area contributed by atoms with Gasteiger partial charge in [-0.05, 0) is 31.1 Å². The topological polar surface area (TPSA) is 36.4 Å². The quantitative estimate of drug-likeness (QED) is 0.835. The lowest BCUT2D eigenvalue weighted by Crippen LogP contribution is -2.22. The maximum Gasteiger partial charge on any atom is 0.185 e. The van der Waals surface area contributed by atoms with Crippen LogP contribution in [-0.4, -0.2) is 23.2 Å². The van der Waals surface area contributed by atoms with Gasteiger partial charge in [-0.15, -0.1) is 11.3 Å². The molecule has 94 valence electrons. The van der Waals surface area contributed by atoms with E-state index in [1.54, 1.807) is 11.3 Å². The van der Waals surface area contributed by atoms with Crippen molar-refractivity contribution in [3.05, 3.63) is 10.6 Å². The Morgan fingerprint density at radius 3 is 2.94 bits per heavy atom. The molecule has 2 heterocycles. The second-order valence-electron chi connectivity index (χ2n) is 6.05. The largest absolute Gasteiger partial charge is 0.387 e. The van der Waals surface area contributed by atoms with Gasteiger partial charge in [-0.1, -0.05) is 13.8 Å². The first kappa shape index (κ1) is 11.5. The molecule has 0 radical (unpaired) electrons. The fourth-order valence-electron chi connectivity index (χ4n) is 2.79. The number of hydrogen-bond acceptors (Lipinski definition) is 4. The molecule has 4 heteroatoms. The lowest BCUT2D eigenvalue weighted by molar-refractivity contribution is 0.153. The molecule has 0 spiro atoms. The van der Waals surface area contributed by atoms with Crippen molar-refractivity contribution < 1.29 is 5.11 Å². The zero-order valence-electron chi connectivity index (χ0n) is 10.6. The molecule has 0 saturated carbocycles. The standard InChI is InChI=1S/C13H20N2OS/c1-13(2)6-7-15(8-13)12-14-11-9(16)4-3-5-10(11)17-12/h9,16H,3-8H2,1-2H3. The van der Waals surface area contributed by atoms with Crippen LogP contribution in [0.25, 0.3) is 0 Å². The van der Waals surface area contributed by atoms with Crippen molar-refractivity contribution in [2.75, 3.05) is 18.0 Å². The van der Waals surface area contributed by atoms with E-state index >= 15 is 0 Å². The third-order valence-corrected chi connectivity index (χ3v) is 5.05. The zero-order chi connectivity index (χ0) is 12.0. The van der Waals surface area contributed by atoms with Crippen LogP contribution in [0.5, 0.6) is 0 Å². The van der Waals surface area contributed by atoms with Crippen LogP contribution >= 0.6 is 11.3 Å². The van der Waals surface area contributed by atoms with Gasteiger partial charge in [0.25, 0.3) is 0 Å². The van der Waals surface area contributed by atoms with Gasteiger partial charge in [0.15, 0.2) is 5.13 Å². The summed E-state index contributed by atoms with van der Waals surface area (Å²) < 4.78 is 0. The first-order chi connectivity index (χ1) is 8.05. The van der Waals surface area contributed by atoms with Gasteiger partial charge in [0.2, 0.25) is 0 Å². The molecule has 1 aromatic rings. The van der Waals surface area contributed by atoms with Crippen LogP contribution in [0.15, 0.2) is 0 Å². The normalized spacial score (nSPS) is 27.2. The minimum absolute atomic E-state index is 0.320. The highest BCUT2D eigenvalue weighted by Gasteiger charge is 2.32. The van der Waals surface area contributed by atoms with E-state index in [1.165, 1.54) is 11.3 Å². The zero-order valence-corrected chi connectivity index (χ0v) is 11.4. The summed E-state index contributed by atoms with van der Waals surface area (Å²) in [7, 11) is 0. The molecule has 1 aliphatic carbocycles. The molecule has 1 aliphatic heterocycles. The average Bonchev–Trinajstić information content (AvgIpc) is 2.82. The van der Waals surface area contributed by atoms with E-state index in [-0.39, 0.29) is 6.10 Å². The Morgan fingerprint density at radius 2 is 2.29 bits per heavy atom. The van der Waals surface area contributed by atoms with Gasteiger partial charge in [-0.25, -0.2) is 4.98 Å². The average molecular weight is 252 g/mol. The monoisotopic (exact) mass is 252 g/mol. The number of rotatable bonds is 1. The molecule has 3 rings (SSSR count). The van der Waals surface area contributed by atoms with Crippen LogP contribution in [0, 0.1) is 5.41 Å². The van der Waals surface area contributed by atoms with E-state index in [9.17, 15) is 5.11 Å². The van der Waals surface area contributed by atoms with Gasteiger partial charge in [-0.3, -0.25) is 0 Å². The maximum atomic E-state index is 9.95. The summed E-state index contributed by atoms with van der Waals surface area (Å²) in [5.41, 5.74) is 1.37. The van der Waals surface area contributed by atoms with Gasteiger partial charge in [0, 0.05) is 18.0 Å². The van der Waals surface area contributed by atoms with E-state index in [4.69, 9.17) is 0 Å². The van der Waals surface area contributed by atoms with E-state index < -0.39 is 0 Å². The molecular formula is C13H20N2OS. The predicted octanol–water partition coefficient (Wildman–Crippen LogP) is 2.75.